The minimum Gasteiger partial charge on any atom is -0.463 e. The Hall–Kier alpha value is -2.92. The third-order valence-corrected chi connectivity index (χ3v) is 5.75. The zero-order valence-electron chi connectivity index (χ0n) is 15.1. The Labute approximate surface area is 166 Å². The molecular formula is C16H16N2O9S2. The number of hydrogen-bond donors (Lipinski definition) is 3. The summed E-state index contributed by atoms with van der Waals surface area (Å²) in [5, 5.41) is 9.51. The zero-order valence-corrected chi connectivity index (χ0v) is 16.7. The highest BCUT2D eigenvalue weighted by Crippen LogP contribution is 2.42. The Kier molecular flexibility index (Phi) is 6.04. The highest BCUT2D eigenvalue weighted by molar-refractivity contribution is 7.86. The van der Waals surface area contributed by atoms with E-state index in [1.165, 1.54) is 13.8 Å². The molecule has 2 rings (SSSR count). The van der Waals surface area contributed by atoms with Crippen molar-refractivity contribution in [2.45, 2.75) is 29.6 Å². The summed E-state index contributed by atoms with van der Waals surface area (Å²) >= 11 is 0. The van der Waals surface area contributed by atoms with Gasteiger partial charge < -0.3 is 15.2 Å². The number of carbonyl (C=O) groups excluding carboxylic acids is 1. The van der Waals surface area contributed by atoms with E-state index in [4.69, 9.17) is 15.2 Å². The van der Waals surface area contributed by atoms with E-state index in [9.17, 15) is 36.0 Å². The molecular weight excluding hydrogens is 428 g/mol. The number of ether oxygens (including phenoxy) is 2. The Morgan fingerprint density at radius 1 is 1.28 bits per heavy atom. The summed E-state index contributed by atoms with van der Waals surface area (Å²) in [5.74, 6) is -3.11. The fourth-order valence-electron chi connectivity index (χ4n) is 2.81. The first-order chi connectivity index (χ1) is 13.3. The fourth-order valence-corrected chi connectivity index (χ4v) is 4.04. The molecule has 156 valence electrons. The van der Waals surface area contributed by atoms with Crippen molar-refractivity contribution < 1.29 is 40.2 Å². The van der Waals surface area contributed by atoms with Gasteiger partial charge in [0.1, 0.15) is 17.4 Å². The van der Waals surface area contributed by atoms with E-state index >= 15 is 0 Å². The summed E-state index contributed by atoms with van der Waals surface area (Å²) in [5.41, 5.74) is 4.46. The zero-order chi connectivity index (χ0) is 22.1. The summed E-state index contributed by atoms with van der Waals surface area (Å²) < 4.78 is 75.8. The van der Waals surface area contributed by atoms with Crippen LogP contribution in [0.1, 0.15) is 25.3 Å². The van der Waals surface area contributed by atoms with Crippen LogP contribution in [0.3, 0.4) is 0 Å². The van der Waals surface area contributed by atoms with Crippen molar-refractivity contribution in [1.82, 2.24) is 0 Å². The molecule has 0 saturated heterocycles. The molecule has 11 nitrogen and oxygen atoms in total. The average molecular weight is 444 g/mol. The summed E-state index contributed by atoms with van der Waals surface area (Å²) in [7, 11) is -9.73. The number of hydrogen-bond acceptors (Lipinski definition) is 9. The second-order valence-electron chi connectivity index (χ2n) is 5.76. The number of benzene rings is 1. The van der Waals surface area contributed by atoms with Crippen LogP contribution >= 0.6 is 0 Å². The molecule has 1 aliphatic rings. The lowest BCUT2D eigenvalue weighted by molar-refractivity contribution is -0.139. The van der Waals surface area contributed by atoms with Crippen LogP contribution in [0, 0.1) is 11.3 Å². The number of carbonyl (C=O) groups is 1. The van der Waals surface area contributed by atoms with Crippen LogP contribution in [-0.4, -0.2) is 38.5 Å². The molecule has 4 N–H and O–H groups in total. The van der Waals surface area contributed by atoms with E-state index < -0.39 is 58.9 Å². The third kappa shape index (κ3) is 4.40. The predicted molar refractivity (Wildman–Crippen MR) is 96.1 cm³/mol. The molecule has 13 heteroatoms. The van der Waals surface area contributed by atoms with Crippen LogP contribution in [0.5, 0.6) is 0 Å². The Bertz CT molecular complexity index is 1190. The van der Waals surface area contributed by atoms with Crippen LogP contribution in [0.15, 0.2) is 50.8 Å². The molecule has 0 aliphatic carbocycles. The normalized spacial score (nSPS) is 17.6. The van der Waals surface area contributed by atoms with Gasteiger partial charge in [0.25, 0.3) is 20.2 Å². The highest BCUT2D eigenvalue weighted by atomic mass is 32.2. The molecule has 0 fully saturated rings. The van der Waals surface area contributed by atoms with Crippen molar-refractivity contribution in [2.75, 3.05) is 6.61 Å². The second-order valence-corrected chi connectivity index (χ2v) is 8.58. The SMILES string of the molecule is CCOC(=O)C1=C(C)OC(N)=C(C#N)C1c1cc(S(=O)(=O)O)ccc1S(=O)(=O)O. The number of esters is 1. The Morgan fingerprint density at radius 2 is 1.90 bits per heavy atom. The molecule has 0 bridgehead atoms. The molecule has 1 aromatic carbocycles. The first-order valence-corrected chi connectivity index (χ1v) is 10.7. The van der Waals surface area contributed by atoms with Gasteiger partial charge in [0.05, 0.1) is 27.9 Å². The lowest BCUT2D eigenvalue weighted by atomic mass is 9.83. The summed E-state index contributed by atoms with van der Waals surface area (Å²) in [4.78, 5) is 11.0. The predicted octanol–water partition coefficient (Wildman–Crippen LogP) is 0.825. The van der Waals surface area contributed by atoms with Crippen LogP contribution in [0.2, 0.25) is 0 Å². The maximum absolute atomic E-state index is 12.5. The largest absolute Gasteiger partial charge is 0.463 e. The number of allylic oxidation sites excluding steroid dienone is 2. The average Bonchev–Trinajstić information content (AvgIpc) is 2.59. The van der Waals surface area contributed by atoms with Crippen molar-refractivity contribution >= 4 is 26.2 Å². The fraction of sp³-hybridized carbons (Fsp3) is 0.250. The highest BCUT2D eigenvalue weighted by Gasteiger charge is 2.39. The van der Waals surface area contributed by atoms with Crippen molar-refractivity contribution in [3.8, 4) is 6.07 Å². The van der Waals surface area contributed by atoms with Gasteiger partial charge in [-0.25, -0.2) is 4.79 Å². The van der Waals surface area contributed by atoms with Gasteiger partial charge in [0, 0.05) is 0 Å². The number of nitriles is 1. The summed E-state index contributed by atoms with van der Waals surface area (Å²) in [6.45, 7) is 2.74. The summed E-state index contributed by atoms with van der Waals surface area (Å²) in [6.07, 6.45) is 0. The van der Waals surface area contributed by atoms with Crippen LogP contribution in [0.4, 0.5) is 0 Å². The lowest BCUT2D eigenvalue weighted by Crippen LogP contribution is -2.26. The molecule has 1 aliphatic heterocycles. The van der Waals surface area contributed by atoms with Crippen molar-refractivity contribution in [1.29, 1.82) is 5.26 Å². The molecule has 0 amide bonds. The molecule has 1 unspecified atom stereocenters. The molecule has 1 aromatic rings. The first-order valence-electron chi connectivity index (χ1n) is 7.87. The first kappa shape index (κ1) is 22.4. The van der Waals surface area contributed by atoms with Gasteiger partial charge in [-0.15, -0.1) is 0 Å². The van der Waals surface area contributed by atoms with Crippen LogP contribution in [0.25, 0.3) is 0 Å². The van der Waals surface area contributed by atoms with Crippen LogP contribution in [-0.2, 0) is 34.5 Å². The topological polar surface area (TPSA) is 194 Å². The van der Waals surface area contributed by atoms with E-state index in [1.807, 2.05) is 0 Å². The van der Waals surface area contributed by atoms with Crippen LogP contribution < -0.4 is 5.73 Å². The third-order valence-electron chi connectivity index (χ3n) is 3.97. The maximum Gasteiger partial charge on any atom is 0.338 e. The lowest BCUT2D eigenvalue weighted by Gasteiger charge is -2.27. The molecule has 1 heterocycles. The van der Waals surface area contributed by atoms with Gasteiger partial charge >= 0.3 is 5.97 Å². The molecule has 1 atom stereocenters. The van der Waals surface area contributed by atoms with Crippen molar-refractivity contribution in [3.05, 3.63) is 46.6 Å². The van der Waals surface area contributed by atoms with Gasteiger partial charge in [-0.3, -0.25) is 9.11 Å². The minimum absolute atomic E-state index is 0.0698. The van der Waals surface area contributed by atoms with Crippen molar-refractivity contribution in [2.24, 2.45) is 5.73 Å². The minimum atomic E-state index is -4.94. The van der Waals surface area contributed by atoms with E-state index in [1.54, 1.807) is 6.07 Å². The molecule has 0 saturated carbocycles. The standard InChI is InChI=1S/C16H16N2O9S2/c1-3-26-16(19)13-8(2)27-15(18)11(7-17)14(13)10-6-9(28(20,21)22)4-5-12(10)29(23,24)25/h4-6,14H,3,18H2,1-2H3,(H,20,21,22)(H,23,24,25). The van der Waals surface area contributed by atoms with E-state index in [-0.39, 0.29) is 17.9 Å². The molecule has 29 heavy (non-hydrogen) atoms. The maximum atomic E-state index is 12.5. The summed E-state index contributed by atoms with van der Waals surface area (Å²) in [6, 6.07) is 3.85. The van der Waals surface area contributed by atoms with E-state index in [0.717, 1.165) is 6.07 Å². The quantitative estimate of drug-likeness (QED) is 0.430. The Balaban J connectivity index is 2.97. The number of rotatable bonds is 5. The Morgan fingerprint density at radius 3 is 2.38 bits per heavy atom. The number of nitrogens with zero attached hydrogens (tertiary/aromatic N) is 1. The molecule has 0 radical (unpaired) electrons. The smallest absolute Gasteiger partial charge is 0.338 e. The van der Waals surface area contributed by atoms with E-state index in [0.29, 0.717) is 12.1 Å². The molecule has 0 aromatic heterocycles. The van der Waals surface area contributed by atoms with Gasteiger partial charge in [-0.1, -0.05) is 0 Å². The van der Waals surface area contributed by atoms with Gasteiger partial charge in [-0.2, -0.15) is 22.1 Å². The monoisotopic (exact) mass is 444 g/mol. The van der Waals surface area contributed by atoms with Gasteiger partial charge in [-0.05, 0) is 37.6 Å². The number of nitrogens with two attached hydrogens (primary N) is 1. The van der Waals surface area contributed by atoms with E-state index in [2.05, 4.69) is 0 Å². The van der Waals surface area contributed by atoms with Gasteiger partial charge in [0.15, 0.2) is 0 Å². The molecule has 0 spiro atoms. The van der Waals surface area contributed by atoms with Gasteiger partial charge in [0.2, 0.25) is 5.88 Å². The van der Waals surface area contributed by atoms with Crippen molar-refractivity contribution in [3.63, 3.8) is 0 Å². The second kappa shape index (κ2) is 7.84.